The standard InChI is InChI=1S/C16H16ClFN4O2/c17-11-2-1-3-12(18)15(11)16(24)21-13-7-22(6-10(13)8-23)14-4-5-19-9-20-14/h1-5,9-10,13,23H,6-8H2,(H,21,24)/t10-,13+/m0/s1. The van der Waals surface area contributed by atoms with Crippen LogP contribution in [0.2, 0.25) is 5.02 Å². The first-order valence-corrected chi connectivity index (χ1v) is 7.84. The molecule has 0 unspecified atom stereocenters. The molecule has 1 fully saturated rings. The molecule has 0 spiro atoms. The van der Waals surface area contributed by atoms with Gasteiger partial charge in [0, 0.05) is 31.8 Å². The summed E-state index contributed by atoms with van der Waals surface area (Å²) in [5, 5.41) is 12.4. The molecule has 1 aliphatic heterocycles. The number of amides is 1. The number of aromatic nitrogens is 2. The number of hydrogen-bond donors (Lipinski definition) is 2. The van der Waals surface area contributed by atoms with Crippen LogP contribution in [-0.4, -0.2) is 46.7 Å². The maximum Gasteiger partial charge on any atom is 0.256 e. The predicted octanol–water partition coefficient (Wildman–Crippen LogP) is 1.50. The van der Waals surface area contributed by atoms with E-state index in [-0.39, 0.29) is 29.2 Å². The van der Waals surface area contributed by atoms with Crippen molar-refractivity contribution >= 4 is 23.3 Å². The van der Waals surface area contributed by atoms with Gasteiger partial charge in [-0.15, -0.1) is 0 Å². The Balaban J connectivity index is 1.75. The number of nitrogens with one attached hydrogen (secondary N) is 1. The van der Waals surface area contributed by atoms with E-state index < -0.39 is 11.7 Å². The molecule has 2 N–H and O–H groups in total. The summed E-state index contributed by atoms with van der Waals surface area (Å²) in [6.45, 7) is 0.890. The van der Waals surface area contributed by atoms with Crippen LogP contribution in [0.3, 0.4) is 0 Å². The second-order valence-corrected chi connectivity index (χ2v) is 6.00. The van der Waals surface area contributed by atoms with E-state index in [0.29, 0.717) is 18.9 Å². The molecular formula is C16H16ClFN4O2. The fraction of sp³-hybridized carbons (Fsp3) is 0.312. The van der Waals surface area contributed by atoms with E-state index in [2.05, 4.69) is 15.3 Å². The molecule has 0 bridgehead atoms. The van der Waals surface area contributed by atoms with E-state index in [4.69, 9.17) is 11.6 Å². The molecule has 3 rings (SSSR count). The van der Waals surface area contributed by atoms with Crippen LogP contribution >= 0.6 is 11.6 Å². The van der Waals surface area contributed by atoms with Gasteiger partial charge in [0.25, 0.3) is 5.91 Å². The van der Waals surface area contributed by atoms with Crippen LogP contribution in [0, 0.1) is 11.7 Å². The van der Waals surface area contributed by atoms with Gasteiger partial charge in [0.15, 0.2) is 0 Å². The normalized spacial score (nSPS) is 20.2. The average molecular weight is 351 g/mol. The van der Waals surface area contributed by atoms with Crippen molar-refractivity contribution in [3.8, 4) is 0 Å². The minimum atomic E-state index is -0.675. The maximum absolute atomic E-state index is 13.9. The first-order valence-electron chi connectivity index (χ1n) is 7.47. The van der Waals surface area contributed by atoms with Gasteiger partial charge in [0.2, 0.25) is 0 Å². The third-order valence-electron chi connectivity index (χ3n) is 4.07. The first kappa shape index (κ1) is 16.6. The lowest BCUT2D eigenvalue weighted by atomic mass is 10.0. The number of halogens is 2. The van der Waals surface area contributed by atoms with Gasteiger partial charge in [-0.05, 0) is 18.2 Å². The summed E-state index contributed by atoms with van der Waals surface area (Å²) in [5.41, 5.74) is -0.184. The third-order valence-corrected chi connectivity index (χ3v) is 4.39. The first-order chi connectivity index (χ1) is 11.6. The minimum absolute atomic E-state index is 0.0544. The molecule has 1 aliphatic rings. The molecule has 0 aliphatic carbocycles. The Labute approximate surface area is 143 Å². The van der Waals surface area contributed by atoms with Gasteiger partial charge < -0.3 is 15.3 Å². The lowest BCUT2D eigenvalue weighted by Crippen LogP contribution is -2.42. The zero-order valence-electron chi connectivity index (χ0n) is 12.7. The zero-order valence-corrected chi connectivity index (χ0v) is 13.4. The number of aliphatic hydroxyl groups is 1. The monoisotopic (exact) mass is 350 g/mol. The quantitative estimate of drug-likeness (QED) is 0.873. The van der Waals surface area contributed by atoms with Gasteiger partial charge in [0.05, 0.1) is 16.6 Å². The van der Waals surface area contributed by atoms with Crippen LogP contribution in [0.4, 0.5) is 10.2 Å². The SMILES string of the molecule is O=C(N[C@@H]1CN(c2ccncn2)C[C@H]1CO)c1c(F)cccc1Cl. The number of anilines is 1. The molecular weight excluding hydrogens is 335 g/mol. The van der Waals surface area contributed by atoms with Crippen LogP contribution in [0.5, 0.6) is 0 Å². The van der Waals surface area contributed by atoms with Crippen molar-refractivity contribution < 1.29 is 14.3 Å². The van der Waals surface area contributed by atoms with Crippen LogP contribution < -0.4 is 10.2 Å². The van der Waals surface area contributed by atoms with E-state index in [9.17, 15) is 14.3 Å². The van der Waals surface area contributed by atoms with E-state index >= 15 is 0 Å². The van der Waals surface area contributed by atoms with Gasteiger partial charge in [-0.2, -0.15) is 0 Å². The van der Waals surface area contributed by atoms with Crippen molar-refractivity contribution in [2.75, 3.05) is 24.6 Å². The highest BCUT2D eigenvalue weighted by Crippen LogP contribution is 2.24. The van der Waals surface area contributed by atoms with E-state index in [0.717, 1.165) is 0 Å². The molecule has 2 aromatic rings. The van der Waals surface area contributed by atoms with Crippen molar-refractivity contribution in [1.29, 1.82) is 0 Å². The summed E-state index contributed by atoms with van der Waals surface area (Å²) in [4.78, 5) is 22.4. The highest BCUT2D eigenvalue weighted by molar-refractivity contribution is 6.33. The molecule has 1 saturated heterocycles. The van der Waals surface area contributed by atoms with Crippen LogP contribution in [-0.2, 0) is 0 Å². The minimum Gasteiger partial charge on any atom is -0.396 e. The fourth-order valence-corrected chi connectivity index (χ4v) is 3.08. The van der Waals surface area contributed by atoms with Gasteiger partial charge >= 0.3 is 0 Å². The summed E-state index contributed by atoms with van der Waals surface area (Å²) < 4.78 is 13.9. The highest BCUT2D eigenvalue weighted by atomic mass is 35.5. The number of carbonyl (C=O) groups excluding carboxylic acids is 1. The summed E-state index contributed by atoms with van der Waals surface area (Å²) in [5.74, 6) is -0.740. The molecule has 0 radical (unpaired) electrons. The van der Waals surface area contributed by atoms with Crippen molar-refractivity contribution in [3.63, 3.8) is 0 Å². The summed E-state index contributed by atoms with van der Waals surface area (Å²) in [7, 11) is 0. The number of carbonyl (C=O) groups is 1. The lowest BCUT2D eigenvalue weighted by molar-refractivity contribution is 0.0918. The van der Waals surface area contributed by atoms with Crippen molar-refractivity contribution in [3.05, 3.63) is 53.2 Å². The van der Waals surface area contributed by atoms with Gasteiger partial charge in [-0.1, -0.05) is 17.7 Å². The largest absolute Gasteiger partial charge is 0.396 e. The van der Waals surface area contributed by atoms with Crippen LogP contribution in [0.1, 0.15) is 10.4 Å². The van der Waals surface area contributed by atoms with Crippen molar-refractivity contribution in [2.45, 2.75) is 6.04 Å². The molecule has 126 valence electrons. The number of benzene rings is 1. The number of hydrogen-bond acceptors (Lipinski definition) is 5. The fourth-order valence-electron chi connectivity index (χ4n) is 2.83. The summed E-state index contributed by atoms with van der Waals surface area (Å²) in [6, 6.07) is 5.51. The Morgan fingerprint density at radius 2 is 2.25 bits per heavy atom. The molecule has 1 amide bonds. The Bertz CT molecular complexity index is 711. The Kier molecular flexibility index (Phi) is 4.92. The van der Waals surface area contributed by atoms with Gasteiger partial charge in [0.1, 0.15) is 18.0 Å². The summed E-state index contributed by atoms with van der Waals surface area (Å²) >= 11 is 5.93. The molecule has 2 atom stereocenters. The molecule has 8 heteroatoms. The highest BCUT2D eigenvalue weighted by Gasteiger charge is 2.34. The Morgan fingerprint density at radius 1 is 1.42 bits per heavy atom. The van der Waals surface area contributed by atoms with E-state index in [1.807, 2.05) is 4.90 Å². The molecule has 1 aromatic heterocycles. The lowest BCUT2D eigenvalue weighted by Gasteiger charge is -2.18. The topological polar surface area (TPSA) is 78.4 Å². The summed E-state index contributed by atoms with van der Waals surface area (Å²) in [6.07, 6.45) is 3.07. The van der Waals surface area contributed by atoms with Gasteiger partial charge in [-0.3, -0.25) is 4.79 Å². The zero-order chi connectivity index (χ0) is 17.1. The molecule has 0 saturated carbocycles. The predicted molar refractivity (Wildman–Crippen MR) is 87.5 cm³/mol. The molecule has 2 heterocycles. The molecule has 6 nitrogen and oxygen atoms in total. The maximum atomic E-state index is 13.9. The van der Waals surface area contributed by atoms with E-state index in [1.54, 1.807) is 12.3 Å². The second-order valence-electron chi connectivity index (χ2n) is 5.59. The Hall–Kier alpha value is -2.25. The molecule has 24 heavy (non-hydrogen) atoms. The van der Waals surface area contributed by atoms with Crippen molar-refractivity contribution in [2.24, 2.45) is 5.92 Å². The Morgan fingerprint density at radius 3 is 2.92 bits per heavy atom. The third kappa shape index (κ3) is 3.32. The van der Waals surface area contributed by atoms with Crippen LogP contribution in [0.25, 0.3) is 0 Å². The number of aliphatic hydroxyl groups excluding tert-OH is 1. The number of rotatable bonds is 4. The van der Waals surface area contributed by atoms with Gasteiger partial charge in [-0.25, -0.2) is 14.4 Å². The molecule has 1 aromatic carbocycles. The number of nitrogens with zero attached hydrogens (tertiary/aromatic N) is 3. The smallest absolute Gasteiger partial charge is 0.256 e. The van der Waals surface area contributed by atoms with Crippen LogP contribution in [0.15, 0.2) is 36.8 Å². The average Bonchev–Trinajstić information content (AvgIpc) is 2.98. The van der Waals surface area contributed by atoms with Crippen molar-refractivity contribution in [1.82, 2.24) is 15.3 Å². The van der Waals surface area contributed by atoms with E-state index in [1.165, 1.54) is 24.5 Å². The second kappa shape index (κ2) is 7.11.